The van der Waals surface area contributed by atoms with Crippen molar-refractivity contribution >= 4 is 32.7 Å². The number of carbonyl (C=O) groups is 1. The van der Waals surface area contributed by atoms with Crippen molar-refractivity contribution in [2.75, 3.05) is 26.2 Å². The lowest BCUT2D eigenvalue weighted by molar-refractivity contribution is 0.0731. The summed E-state index contributed by atoms with van der Waals surface area (Å²) in [4.78, 5) is 17.4. The molecule has 1 aromatic carbocycles. The number of rotatable bonds is 1. The summed E-state index contributed by atoms with van der Waals surface area (Å²) in [6.45, 7) is 3.30. The monoisotopic (exact) mass is 307 g/mol. The summed E-state index contributed by atoms with van der Waals surface area (Å²) in [5.41, 5.74) is 1.67. The number of halogens is 1. The molecule has 0 atom stereocenters. The van der Waals surface area contributed by atoms with Gasteiger partial charge in [0.25, 0.3) is 5.91 Å². The van der Waals surface area contributed by atoms with Crippen molar-refractivity contribution in [2.45, 2.75) is 0 Å². The van der Waals surface area contributed by atoms with Gasteiger partial charge in [0.15, 0.2) is 0 Å². The summed E-state index contributed by atoms with van der Waals surface area (Å²) in [5.74, 6) is 0.0869. The zero-order valence-corrected chi connectivity index (χ0v) is 11.5. The second kappa shape index (κ2) is 4.74. The van der Waals surface area contributed by atoms with Crippen LogP contribution in [0.4, 0.5) is 0 Å². The summed E-state index contributed by atoms with van der Waals surface area (Å²) in [6, 6.07) is 7.89. The molecule has 18 heavy (non-hydrogen) atoms. The van der Waals surface area contributed by atoms with Crippen LogP contribution in [0.1, 0.15) is 10.5 Å². The first-order valence-electron chi connectivity index (χ1n) is 6.02. The van der Waals surface area contributed by atoms with Crippen molar-refractivity contribution in [1.29, 1.82) is 0 Å². The van der Waals surface area contributed by atoms with Gasteiger partial charge in [-0.05, 0) is 24.3 Å². The maximum absolute atomic E-state index is 12.3. The van der Waals surface area contributed by atoms with Gasteiger partial charge >= 0.3 is 0 Å². The van der Waals surface area contributed by atoms with Crippen molar-refractivity contribution in [3.63, 3.8) is 0 Å². The molecule has 2 heterocycles. The van der Waals surface area contributed by atoms with Gasteiger partial charge in [0.1, 0.15) is 5.69 Å². The fraction of sp³-hybridized carbons (Fsp3) is 0.308. The van der Waals surface area contributed by atoms with Gasteiger partial charge < -0.3 is 15.2 Å². The number of benzene rings is 1. The van der Waals surface area contributed by atoms with E-state index in [0.717, 1.165) is 41.6 Å². The number of fused-ring (bicyclic) bond motifs is 1. The fourth-order valence-electron chi connectivity index (χ4n) is 2.26. The number of piperazine rings is 1. The third-order valence-corrected chi connectivity index (χ3v) is 3.71. The number of nitrogens with zero attached hydrogens (tertiary/aromatic N) is 1. The topological polar surface area (TPSA) is 48.1 Å². The maximum atomic E-state index is 12.3. The average Bonchev–Trinajstić information content (AvgIpc) is 2.81. The van der Waals surface area contributed by atoms with Gasteiger partial charge in [-0.3, -0.25) is 4.79 Å². The molecule has 1 aliphatic rings. The van der Waals surface area contributed by atoms with E-state index in [1.807, 2.05) is 29.2 Å². The molecule has 0 spiro atoms. The Bertz CT molecular complexity index is 587. The minimum absolute atomic E-state index is 0.0869. The zero-order chi connectivity index (χ0) is 12.5. The average molecular weight is 308 g/mol. The van der Waals surface area contributed by atoms with E-state index in [2.05, 4.69) is 26.2 Å². The van der Waals surface area contributed by atoms with Crippen LogP contribution in [0.2, 0.25) is 0 Å². The van der Waals surface area contributed by atoms with Gasteiger partial charge in [-0.2, -0.15) is 0 Å². The van der Waals surface area contributed by atoms with E-state index in [9.17, 15) is 4.79 Å². The number of nitrogens with one attached hydrogen (secondary N) is 2. The number of amides is 1. The molecule has 0 unspecified atom stereocenters. The molecule has 1 saturated heterocycles. The molecule has 2 aromatic rings. The summed E-state index contributed by atoms with van der Waals surface area (Å²) in [6.07, 6.45) is 0. The quantitative estimate of drug-likeness (QED) is 0.846. The highest BCUT2D eigenvalue weighted by Crippen LogP contribution is 2.21. The van der Waals surface area contributed by atoms with Crippen LogP contribution in [0.25, 0.3) is 10.9 Å². The number of hydrogen-bond donors (Lipinski definition) is 2. The predicted molar refractivity (Wildman–Crippen MR) is 74.8 cm³/mol. The third kappa shape index (κ3) is 2.15. The highest BCUT2D eigenvalue weighted by molar-refractivity contribution is 9.10. The number of H-pyrrole nitrogens is 1. The molecule has 0 saturated carbocycles. The van der Waals surface area contributed by atoms with Crippen LogP contribution in [0.15, 0.2) is 28.7 Å². The van der Waals surface area contributed by atoms with E-state index in [0.29, 0.717) is 5.69 Å². The Morgan fingerprint density at radius 2 is 2.00 bits per heavy atom. The Balaban J connectivity index is 1.91. The Morgan fingerprint density at radius 1 is 1.22 bits per heavy atom. The number of hydrogen-bond acceptors (Lipinski definition) is 2. The van der Waals surface area contributed by atoms with Gasteiger partial charge in [0.2, 0.25) is 0 Å². The Hall–Kier alpha value is -1.33. The molecule has 0 bridgehead atoms. The number of aromatic nitrogens is 1. The zero-order valence-electron chi connectivity index (χ0n) is 9.87. The first-order valence-corrected chi connectivity index (χ1v) is 6.81. The summed E-state index contributed by atoms with van der Waals surface area (Å²) in [7, 11) is 0. The minimum Gasteiger partial charge on any atom is -0.351 e. The van der Waals surface area contributed by atoms with Crippen LogP contribution >= 0.6 is 15.9 Å². The van der Waals surface area contributed by atoms with Gasteiger partial charge in [0.05, 0.1) is 0 Å². The van der Waals surface area contributed by atoms with E-state index < -0.39 is 0 Å². The largest absolute Gasteiger partial charge is 0.351 e. The van der Waals surface area contributed by atoms with Gasteiger partial charge in [0, 0.05) is 41.6 Å². The Kier molecular flexibility index (Phi) is 3.09. The molecule has 1 aromatic heterocycles. The third-order valence-electron chi connectivity index (χ3n) is 3.22. The van der Waals surface area contributed by atoms with Crippen molar-refractivity contribution in [1.82, 2.24) is 15.2 Å². The predicted octanol–water partition coefficient (Wildman–Crippen LogP) is 1.98. The van der Waals surface area contributed by atoms with Crippen molar-refractivity contribution in [3.05, 3.63) is 34.4 Å². The van der Waals surface area contributed by atoms with E-state index >= 15 is 0 Å². The SMILES string of the molecule is O=C(c1cc2cc(Br)ccc2[nH]1)N1CCNCC1. The van der Waals surface area contributed by atoms with Crippen molar-refractivity contribution in [2.24, 2.45) is 0 Å². The molecule has 3 rings (SSSR count). The Morgan fingerprint density at radius 3 is 2.78 bits per heavy atom. The van der Waals surface area contributed by atoms with E-state index in [1.54, 1.807) is 0 Å². The molecule has 0 aliphatic carbocycles. The molecule has 2 N–H and O–H groups in total. The highest BCUT2D eigenvalue weighted by atomic mass is 79.9. The van der Waals surface area contributed by atoms with Crippen molar-refractivity contribution in [3.8, 4) is 0 Å². The van der Waals surface area contributed by atoms with E-state index in [4.69, 9.17) is 0 Å². The van der Waals surface area contributed by atoms with Gasteiger partial charge in [-0.1, -0.05) is 15.9 Å². The Labute approximate surface area is 113 Å². The van der Waals surface area contributed by atoms with E-state index in [-0.39, 0.29) is 5.91 Å². The number of aromatic amines is 1. The standard InChI is InChI=1S/C13H14BrN3O/c14-10-1-2-11-9(7-10)8-12(16-11)13(18)17-5-3-15-4-6-17/h1-2,7-8,15-16H,3-6H2. The van der Waals surface area contributed by atoms with Crippen LogP contribution < -0.4 is 5.32 Å². The molecule has 0 radical (unpaired) electrons. The van der Waals surface area contributed by atoms with Gasteiger partial charge in [-0.25, -0.2) is 0 Å². The molecule has 94 valence electrons. The lowest BCUT2D eigenvalue weighted by Gasteiger charge is -2.26. The lowest BCUT2D eigenvalue weighted by atomic mass is 10.2. The summed E-state index contributed by atoms with van der Waals surface area (Å²) in [5, 5.41) is 4.30. The summed E-state index contributed by atoms with van der Waals surface area (Å²) >= 11 is 3.44. The molecule has 4 nitrogen and oxygen atoms in total. The molecule has 1 aliphatic heterocycles. The highest BCUT2D eigenvalue weighted by Gasteiger charge is 2.19. The smallest absolute Gasteiger partial charge is 0.270 e. The fourth-order valence-corrected chi connectivity index (χ4v) is 2.64. The second-order valence-corrected chi connectivity index (χ2v) is 5.37. The maximum Gasteiger partial charge on any atom is 0.270 e. The van der Waals surface area contributed by atoms with Gasteiger partial charge in [-0.15, -0.1) is 0 Å². The molecule has 1 fully saturated rings. The van der Waals surface area contributed by atoms with Crippen LogP contribution in [-0.4, -0.2) is 42.0 Å². The molecular formula is C13H14BrN3O. The molecule has 5 heteroatoms. The minimum atomic E-state index is 0.0869. The molecule has 1 amide bonds. The van der Waals surface area contributed by atoms with Crippen LogP contribution in [0.3, 0.4) is 0 Å². The van der Waals surface area contributed by atoms with Crippen LogP contribution in [-0.2, 0) is 0 Å². The first kappa shape index (κ1) is 11.7. The molecular weight excluding hydrogens is 294 g/mol. The van der Waals surface area contributed by atoms with Crippen LogP contribution in [0.5, 0.6) is 0 Å². The van der Waals surface area contributed by atoms with Crippen molar-refractivity contribution < 1.29 is 4.79 Å². The summed E-state index contributed by atoms with van der Waals surface area (Å²) < 4.78 is 1.02. The van der Waals surface area contributed by atoms with E-state index in [1.165, 1.54) is 0 Å². The van der Waals surface area contributed by atoms with Crippen LogP contribution in [0, 0.1) is 0 Å². The second-order valence-electron chi connectivity index (χ2n) is 4.46. The normalized spacial score (nSPS) is 16.2. The lowest BCUT2D eigenvalue weighted by Crippen LogP contribution is -2.46. The first-order chi connectivity index (χ1) is 8.74. The number of carbonyl (C=O) groups excluding carboxylic acids is 1.